The molecule has 0 saturated carbocycles. The Hall–Kier alpha value is -4.13. The number of amides is 2. The standard InChI is InChI=1S/C29H28N4O5S3/c1-17-8-6-13-21(32-29(36)33-22(27(34)35)14-18-9-4-3-5-10-18)25(17)19-11-7-12-20(15-19)41(37,38)24-16-23(26(30)31)40-28(24)39-2/h3-13,15-16,22H,14H2,1-2H3,(H3,30,31)(H,34,35)(H2,32,33,36). The van der Waals surface area contributed by atoms with E-state index in [1.54, 1.807) is 54.8 Å². The lowest BCUT2D eigenvalue weighted by Gasteiger charge is -2.18. The summed E-state index contributed by atoms with van der Waals surface area (Å²) in [6.45, 7) is 1.83. The van der Waals surface area contributed by atoms with E-state index in [-0.39, 0.29) is 22.0 Å². The lowest BCUT2D eigenvalue weighted by molar-refractivity contribution is -0.139. The molecule has 0 radical (unpaired) electrons. The Morgan fingerprint density at radius 1 is 1.05 bits per heavy atom. The molecule has 3 aromatic carbocycles. The average molecular weight is 609 g/mol. The second kappa shape index (κ2) is 12.6. The van der Waals surface area contributed by atoms with Crippen LogP contribution in [0.5, 0.6) is 0 Å². The maximum absolute atomic E-state index is 13.7. The highest BCUT2D eigenvalue weighted by Crippen LogP contribution is 2.38. The van der Waals surface area contributed by atoms with Crippen molar-refractivity contribution in [3.63, 3.8) is 0 Å². The van der Waals surface area contributed by atoms with E-state index in [0.717, 1.165) is 22.5 Å². The van der Waals surface area contributed by atoms with Gasteiger partial charge in [0.25, 0.3) is 0 Å². The largest absolute Gasteiger partial charge is 0.480 e. The van der Waals surface area contributed by atoms with Crippen LogP contribution in [0.25, 0.3) is 11.1 Å². The van der Waals surface area contributed by atoms with Gasteiger partial charge in [0.05, 0.1) is 24.6 Å². The van der Waals surface area contributed by atoms with Gasteiger partial charge in [0, 0.05) is 12.0 Å². The number of carbonyl (C=O) groups is 2. The molecule has 0 saturated heterocycles. The van der Waals surface area contributed by atoms with Crippen LogP contribution >= 0.6 is 23.1 Å². The Bertz CT molecular complexity index is 1720. The molecule has 0 aliphatic carbocycles. The van der Waals surface area contributed by atoms with Crippen LogP contribution in [-0.2, 0) is 21.1 Å². The van der Waals surface area contributed by atoms with Crippen LogP contribution in [0, 0.1) is 12.3 Å². The average Bonchev–Trinajstić information content (AvgIpc) is 3.39. The Morgan fingerprint density at radius 2 is 1.76 bits per heavy atom. The third-order valence-electron chi connectivity index (χ3n) is 6.25. The van der Waals surface area contributed by atoms with Gasteiger partial charge in [-0.3, -0.25) is 5.41 Å². The van der Waals surface area contributed by atoms with Crippen molar-refractivity contribution in [1.29, 1.82) is 5.41 Å². The number of nitrogen functional groups attached to an aromatic ring is 1. The molecular weight excluding hydrogens is 581 g/mol. The molecule has 0 aliphatic heterocycles. The molecule has 4 rings (SSSR count). The first-order chi connectivity index (χ1) is 19.5. The van der Waals surface area contributed by atoms with Gasteiger partial charge in [-0.15, -0.1) is 23.1 Å². The van der Waals surface area contributed by atoms with Crippen LogP contribution in [0.2, 0.25) is 0 Å². The molecule has 9 nitrogen and oxygen atoms in total. The van der Waals surface area contributed by atoms with Crippen molar-refractivity contribution in [2.75, 3.05) is 11.6 Å². The molecule has 1 atom stereocenters. The third-order valence-corrected chi connectivity index (χ3v) is 10.6. The lowest BCUT2D eigenvalue weighted by Crippen LogP contribution is -2.44. The summed E-state index contributed by atoms with van der Waals surface area (Å²) < 4.78 is 27.9. The number of rotatable bonds is 10. The van der Waals surface area contributed by atoms with Crippen LogP contribution in [-0.4, -0.2) is 43.7 Å². The summed E-state index contributed by atoms with van der Waals surface area (Å²) in [6.07, 6.45) is 1.87. The van der Waals surface area contributed by atoms with Crippen LogP contribution in [0.15, 0.2) is 92.9 Å². The predicted molar refractivity (Wildman–Crippen MR) is 163 cm³/mol. The molecule has 1 unspecified atom stereocenters. The number of nitrogens with two attached hydrogens (primary N) is 1. The molecule has 2 amide bonds. The van der Waals surface area contributed by atoms with E-state index in [9.17, 15) is 23.1 Å². The summed E-state index contributed by atoms with van der Waals surface area (Å²) in [6, 6.07) is 20.2. The van der Waals surface area contributed by atoms with E-state index in [1.165, 1.54) is 30.0 Å². The first-order valence-electron chi connectivity index (χ1n) is 12.3. The fraction of sp³-hybridized carbons (Fsp3) is 0.138. The maximum Gasteiger partial charge on any atom is 0.326 e. The van der Waals surface area contributed by atoms with Gasteiger partial charge in [-0.25, -0.2) is 18.0 Å². The fourth-order valence-electron chi connectivity index (χ4n) is 4.29. The zero-order chi connectivity index (χ0) is 29.7. The van der Waals surface area contributed by atoms with Crippen molar-refractivity contribution in [2.45, 2.75) is 33.4 Å². The van der Waals surface area contributed by atoms with E-state index in [4.69, 9.17) is 11.1 Å². The molecule has 4 aromatic rings. The van der Waals surface area contributed by atoms with Gasteiger partial charge < -0.3 is 21.5 Å². The van der Waals surface area contributed by atoms with E-state index in [1.807, 2.05) is 19.1 Å². The van der Waals surface area contributed by atoms with Crippen LogP contribution in [0.4, 0.5) is 10.5 Å². The molecule has 0 spiro atoms. The normalized spacial score (nSPS) is 12.0. The molecule has 1 heterocycles. The minimum Gasteiger partial charge on any atom is -0.480 e. The van der Waals surface area contributed by atoms with E-state index in [2.05, 4.69) is 10.6 Å². The highest BCUT2D eigenvalue weighted by atomic mass is 32.2. The number of aryl methyl sites for hydroxylation is 1. The first-order valence-corrected chi connectivity index (χ1v) is 15.8. The molecule has 0 fully saturated rings. The number of carbonyl (C=O) groups excluding carboxylic acids is 1. The summed E-state index contributed by atoms with van der Waals surface area (Å²) in [5.74, 6) is -1.37. The highest BCUT2D eigenvalue weighted by Gasteiger charge is 2.26. The van der Waals surface area contributed by atoms with Crippen LogP contribution < -0.4 is 16.4 Å². The van der Waals surface area contributed by atoms with Gasteiger partial charge in [0.2, 0.25) is 9.84 Å². The molecule has 1 aromatic heterocycles. The Balaban J connectivity index is 1.65. The number of carboxylic acids is 1. The smallest absolute Gasteiger partial charge is 0.326 e. The number of aliphatic carboxylic acids is 1. The zero-order valence-corrected chi connectivity index (χ0v) is 24.6. The number of amidine groups is 1. The van der Waals surface area contributed by atoms with Gasteiger partial charge in [-0.2, -0.15) is 0 Å². The van der Waals surface area contributed by atoms with Crippen molar-refractivity contribution in [2.24, 2.45) is 5.73 Å². The van der Waals surface area contributed by atoms with Gasteiger partial charge in [0.15, 0.2) is 0 Å². The number of sulfone groups is 1. The Kier molecular flexibility index (Phi) is 9.16. The Morgan fingerprint density at radius 3 is 2.41 bits per heavy atom. The number of anilines is 1. The number of thiophene rings is 1. The summed E-state index contributed by atoms with van der Waals surface area (Å²) >= 11 is 2.41. The number of urea groups is 1. The quantitative estimate of drug-likeness (QED) is 0.0917. The zero-order valence-electron chi connectivity index (χ0n) is 22.2. The van der Waals surface area contributed by atoms with Gasteiger partial charge in [-0.1, -0.05) is 54.6 Å². The lowest BCUT2D eigenvalue weighted by atomic mass is 9.98. The van der Waals surface area contributed by atoms with Crippen molar-refractivity contribution >= 4 is 56.5 Å². The van der Waals surface area contributed by atoms with Crippen molar-refractivity contribution < 1.29 is 23.1 Å². The number of nitrogens with one attached hydrogen (secondary N) is 3. The van der Waals surface area contributed by atoms with Crippen LogP contribution in [0.1, 0.15) is 16.0 Å². The molecule has 6 N–H and O–H groups in total. The molecular formula is C29H28N4O5S3. The SMILES string of the molecule is CSc1sc(C(=N)N)cc1S(=O)(=O)c1cccc(-c2c(C)cccc2NC(=O)NC(Cc2ccccc2)C(=O)O)c1. The summed E-state index contributed by atoms with van der Waals surface area (Å²) in [4.78, 5) is 25.3. The van der Waals surface area contributed by atoms with Gasteiger partial charge in [-0.05, 0) is 54.1 Å². The summed E-state index contributed by atoms with van der Waals surface area (Å²) in [7, 11) is -3.96. The maximum atomic E-state index is 13.7. The van der Waals surface area contributed by atoms with E-state index in [0.29, 0.717) is 25.9 Å². The number of carboxylic acid groups (broad SMARTS) is 1. The molecule has 0 aliphatic rings. The van der Waals surface area contributed by atoms with Crippen LogP contribution in [0.3, 0.4) is 0 Å². The minimum atomic E-state index is -3.96. The number of benzene rings is 3. The highest BCUT2D eigenvalue weighted by molar-refractivity contribution is 8.01. The fourth-order valence-corrected chi connectivity index (χ4v) is 8.19. The van der Waals surface area contributed by atoms with Crippen molar-refractivity contribution in [3.05, 3.63) is 94.9 Å². The molecule has 0 bridgehead atoms. The second-order valence-electron chi connectivity index (χ2n) is 9.09. The van der Waals surface area contributed by atoms with E-state index >= 15 is 0 Å². The van der Waals surface area contributed by atoms with E-state index < -0.39 is 27.9 Å². The summed E-state index contributed by atoms with van der Waals surface area (Å²) in [5.41, 5.74) is 8.67. The topological polar surface area (TPSA) is 162 Å². The number of hydrogen-bond acceptors (Lipinski definition) is 7. The Labute approximate surface area is 246 Å². The third kappa shape index (κ3) is 6.79. The van der Waals surface area contributed by atoms with Crippen molar-refractivity contribution in [3.8, 4) is 11.1 Å². The molecule has 41 heavy (non-hydrogen) atoms. The monoisotopic (exact) mass is 608 g/mol. The van der Waals surface area contributed by atoms with Crippen molar-refractivity contribution in [1.82, 2.24) is 5.32 Å². The summed E-state index contributed by atoms with van der Waals surface area (Å²) in [5, 5.41) is 22.7. The molecule has 212 valence electrons. The number of thioether (sulfide) groups is 1. The van der Waals surface area contributed by atoms with Gasteiger partial charge in [0.1, 0.15) is 11.9 Å². The van der Waals surface area contributed by atoms with Gasteiger partial charge >= 0.3 is 12.0 Å². The first kappa shape index (κ1) is 29.8. The minimum absolute atomic E-state index is 0.0469. The number of hydrogen-bond donors (Lipinski definition) is 5. The second-order valence-corrected chi connectivity index (χ2v) is 13.1. The molecule has 12 heteroatoms. The predicted octanol–water partition coefficient (Wildman–Crippen LogP) is 5.38.